The van der Waals surface area contributed by atoms with Crippen molar-refractivity contribution < 1.29 is 9.53 Å². The molecule has 0 aromatic heterocycles. The van der Waals surface area contributed by atoms with Gasteiger partial charge in [0.2, 0.25) is 0 Å². The minimum absolute atomic E-state index is 0.238. The van der Waals surface area contributed by atoms with E-state index >= 15 is 0 Å². The topological polar surface area (TPSA) is 26.3 Å². The van der Waals surface area contributed by atoms with Gasteiger partial charge in [-0.2, -0.15) is 0 Å². The van der Waals surface area contributed by atoms with E-state index in [9.17, 15) is 4.79 Å². The first-order chi connectivity index (χ1) is 8.13. The Kier molecular flexibility index (Phi) is 4.73. The Morgan fingerprint density at radius 1 is 1.18 bits per heavy atom. The summed E-state index contributed by atoms with van der Waals surface area (Å²) in [6, 6.07) is 4.09. The average molecular weight is 234 g/mol. The van der Waals surface area contributed by atoms with Crippen molar-refractivity contribution in [2.24, 2.45) is 0 Å². The van der Waals surface area contributed by atoms with Crippen LogP contribution in [0.2, 0.25) is 0 Å². The summed E-state index contributed by atoms with van der Waals surface area (Å²) in [5.41, 5.74) is 4.33. The minimum Gasteiger partial charge on any atom is -0.465 e. The van der Waals surface area contributed by atoms with Crippen molar-refractivity contribution in [3.05, 3.63) is 34.4 Å². The molecule has 94 valence electrons. The second-order valence-electron chi connectivity index (χ2n) is 4.29. The van der Waals surface area contributed by atoms with Gasteiger partial charge in [0.1, 0.15) is 0 Å². The molecule has 2 nitrogen and oxygen atoms in total. The maximum absolute atomic E-state index is 11.5. The van der Waals surface area contributed by atoms with Crippen molar-refractivity contribution in [3.63, 3.8) is 0 Å². The Morgan fingerprint density at radius 3 is 2.24 bits per heavy atom. The number of benzene rings is 1. The molecular formula is C15H22O2. The Labute approximate surface area is 104 Å². The molecule has 0 unspecified atom stereocenters. The molecule has 0 atom stereocenters. The third-order valence-corrected chi connectivity index (χ3v) is 3.04. The van der Waals surface area contributed by atoms with E-state index in [-0.39, 0.29) is 5.97 Å². The minimum atomic E-state index is -0.238. The monoisotopic (exact) mass is 234 g/mol. The zero-order valence-corrected chi connectivity index (χ0v) is 11.5. The van der Waals surface area contributed by atoms with Crippen LogP contribution in [0, 0.1) is 13.8 Å². The largest absolute Gasteiger partial charge is 0.465 e. The van der Waals surface area contributed by atoms with Crippen molar-refractivity contribution in [3.8, 4) is 0 Å². The van der Waals surface area contributed by atoms with E-state index in [0.717, 1.165) is 11.5 Å². The first-order valence-corrected chi connectivity index (χ1v) is 6.33. The Morgan fingerprint density at radius 2 is 1.76 bits per heavy atom. The summed E-state index contributed by atoms with van der Waals surface area (Å²) in [5.74, 6) is 0.494. The molecule has 0 heterocycles. The summed E-state index contributed by atoms with van der Waals surface area (Å²) in [5, 5.41) is 0. The van der Waals surface area contributed by atoms with E-state index in [1.165, 1.54) is 31.1 Å². The lowest BCUT2D eigenvalue weighted by atomic mass is 9.97. The van der Waals surface area contributed by atoms with Crippen LogP contribution >= 0.6 is 0 Å². The molecule has 1 aromatic rings. The number of carbonyl (C=O) groups is 1. The van der Waals surface area contributed by atoms with Gasteiger partial charge in [0.15, 0.2) is 0 Å². The van der Waals surface area contributed by atoms with Gasteiger partial charge in [-0.3, -0.25) is 0 Å². The van der Waals surface area contributed by atoms with Crippen LogP contribution in [-0.4, -0.2) is 13.1 Å². The molecule has 17 heavy (non-hydrogen) atoms. The van der Waals surface area contributed by atoms with E-state index in [2.05, 4.69) is 13.0 Å². The number of rotatable bonds is 2. The Bertz CT molecular complexity index is 404. The van der Waals surface area contributed by atoms with Crippen molar-refractivity contribution in [2.75, 3.05) is 7.11 Å². The van der Waals surface area contributed by atoms with Gasteiger partial charge in [-0.05, 0) is 55.4 Å². The molecule has 0 amide bonds. The van der Waals surface area contributed by atoms with Gasteiger partial charge in [-0.1, -0.05) is 19.9 Å². The first kappa shape index (κ1) is 13.8. The third-order valence-electron chi connectivity index (χ3n) is 3.04. The van der Waals surface area contributed by atoms with Crippen LogP contribution in [0.25, 0.3) is 0 Å². The van der Waals surface area contributed by atoms with Gasteiger partial charge in [0, 0.05) is 0 Å². The molecule has 0 aliphatic heterocycles. The number of carbonyl (C=O) groups excluding carboxylic acids is 1. The molecule has 0 N–H and O–H groups in total. The molecule has 0 bridgehead atoms. The zero-order chi connectivity index (χ0) is 13.0. The standard InChI is InChI=1S/C13H16O2.C2H6/c1-8-7-12(13(14)15-3)9(2)6-11(8)10-4-5-10;1-2/h6-7,10H,4-5H2,1-3H3;1-2H3. The van der Waals surface area contributed by atoms with Gasteiger partial charge in [0.05, 0.1) is 12.7 Å². The van der Waals surface area contributed by atoms with Crippen LogP contribution in [0.5, 0.6) is 0 Å². The highest BCUT2D eigenvalue weighted by Gasteiger charge is 2.26. The van der Waals surface area contributed by atoms with E-state index in [0.29, 0.717) is 5.56 Å². The van der Waals surface area contributed by atoms with Gasteiger partial charge < -0.3 is 4.74 Å². The molecule has 1 fully saturated rings. The number of esters is 1. The highest BCUT2D eigenvalue weighted by Crippen LogP contribution is 2.42. The summed E-state index contributed by atoms with van der Waals surface area (Å²) in [6.45, 7) is 8.04. The quantitative estimate of drug-likeness (QED) is 0.723. The smallest absolute Gasteiger partial charge is 0.338 e. The highest BCUT2D eigenvalue weighted by atomic mass is 16.5. The van der Waals surface area contributed by atoms with Crippen molar-refractivity contribution in [2.45, 2.75) is 46.5 Å². The molecule has 1 aliphatic carbocycles. The molecule has 0 spiro atoms. The maximum atomic E-state index is 11.5. The predicted molar refractivity (Wildman–Crippen MR) is 70.6 cm³/mol. The van der Waals surface area contributed by atoms with E-state index in [1.54, 1.807) is 0 Å². The van der Waals surface area contributed by atoms with Crippen molar-refractivity contribution in [1.29, 1.82) is 0 Å². The second-order valence-corrected chi connectivity index (χ2v) is 4.29. The fraction of sp³-hybridized carbons (Fsp3) is 0.533. The van der Waals surface area contributed by atoms with Crippen LogP contribution in [0.3, 0.4) is 0 Å². The summed E-state index contributed by atoms with van der Waals surface area (Å²) < 4.78 is 4.75. The Hall–Kier alpha value is -1.31. The van der Waals surface area contributed by atoms with Gasteiger partial charge >= 0.3 is 5.97 Å². The van der Waals surface area contributed by atoms with E-state index in [1.807, 2.05) is 26.8 Å². The summed E-state index contributed by atoms with van der Waals surface area (Å²) in [6.07, 6.45) is 2.58. The Balaban J connectivity index is 0.000000686. The normalized spacial score (nSPS) is 13.7. The number of hydrogen-bond acceptors (Lipinski definition) is 2. The molecule has 0 saturated heterocycles. The average Bonchev–Trinajstić information content (AvgIpc) is 3.17. The van der Waals surface area contributed by atoms with Gasteiger partial charge in [-0.15, -0.1) is 0 Å². The fourth-order valence-electron chi connectivity index (χ4n) is 2.00. The fourth-order valence-corrected chi connectivity index (χ4v) is 2.00. The molecule has 2 heteroatoms. The van der Waals surface area contributed by atoms with E-state index in [4.69, 9.17) is 4.74 Å². The lowest BCUT2D eigenvalue weighted by Gasteiger charge is -2.10. The van der Waals surface area contributed by atoms with Gasteiger partial charge in [0.25, 0.3) is 0 Å². The van der Waals surface area contributed by atoms with Crippen LogP contribution in [0.4, 0.5) is 0 Å². The second kappa shape index (κ2) is 5.85. The van der Waals surface area contributed by atoms with Crippen LogP contribution in [-0.2, 0) is 4.74 Å². The molecule has 0 radical (unpaired) electrons. The molecule has 2 rings (SSSR count). The third kappa shape index (κ3) is 3.09. The summed E-state index contributed by atoms with van der Waals surface area (Å²) in [7, 11) is 1.42. The number of hydrogen-bond donors (Lipinski definition) is 0. The molecule has 1 aromatic carbocycles. The zero-order valence-electron chi connectivity index (χ0n) is 11.5. The van der Waals surface area contributed by atoms with E-state index < -0.39 is 0 Å². The first-order valence-electron chi connectivity index (χ1n) is 6.33. The van der Waals surface area contributed by atoms with Crippen LogP contribution < -0.4 is 0 Å². The molecule has 1 saturated carbocycles. The number of methoxy groups -OCH3 is 1. The lowest BCUT2D eigenvalue weighted by molar-refractivity contribution is 0.0600. The van der Waals surface area contributed by atoms with Crippen molar-refractivity contribution >= 4 is 5.97 Å². The van der Waals surface area contributed by atoms with Crippen LogP contribution in [0.15, 0.2) is 12.1 Å². The summed E-state index contributed by atoms with van der Waals surface area (Å²) in [4.78, 5) is 11.5. The maximum Gasteiger partial charge on any atom is 0.338 e. The van der Waals surface area contributed by atoms with Crippen molar-refractivity contribution in [1.82, 2.24) is 0 Å². The van der Waals surface area contributed by atoms with Crippen LogP contribution in [0.1, 0.15) is 59.7 Å². The summed E-state index contributed by atoms with van der Waals surface area (Å²) >= 11 is 0. The number of ether oxygens (including phenoxy) is 1. The number of aryl methyl sites for hydroxylation is 2. The highest BCUT2D eigenvalue weighted by molar-refractivity contribution is 5.91. The lowest BCUT2D eigenvalue weighted by Crippen LogP contribution is -2.05. The SMILES string of the molecule is CC.COC(=O)c1cc(C)c(C2CC2)cc1C. The molecular weight excluding hydrogens is 212 g/mol. The van der Waals surface area contributed by atoms with Gasteiger partial charge in [-0.25, -0.2) is 4.79 Å². The predicted octanol–water partition coefficient (Wildman–Crippen LogP) is 3.99. The molecule has 1 aliphatic rings.